The number of nitrogens with zero attached hydrogens (tertiary/aromatic N) is 3. The lowest BCUT2D eigenvalue weighted by atomic mass is 9.96. The van der Waals surface area contributed by atoms with Gasteiger partial charge in [-0.1, -0.05) is 24.6 Å². The number of carbonyl (C=O) groups excluding carboxylic acids is 1. The molecule has 2 N–H and O–H groups in total. The Balaban J connectivity index is 0.000000393. The van der Waals surface area contributed by atoms with Gasteiger partial charge in [0, 0.05) is 79.4 Å². The van der Waals surface area contributed by atoms with Gasteiger partial charge in [0.1, 0.15) is 30.6 Å². The topological polar surface area (TPSA) is 135 Å². The number of nitriles is 1. The number of rotatable bonds is 15. The van der Waals surface area contributed by atoms with Gasteiger partial charge < -0.3 is 29.2 Å². The largest absolute Gasteiger partial charge is 0.388 e. The monoisotopic (exact) mass is 713 g/mol. The lowest BCUT2D eigenvalue weighted by Crippen LogP contribution is -2.08. The zero-order valence-electron chi connectivity index (χ0n) is 25.5. The molecular weight excluding hydrogens is 676 g/mol. The van der Waals surface area contributed by atoms with E-state index >= 15 is 0 Å². The molecular formula is C32H39BrClF2N3O6. The molecule has 0 saturated heterocycles. The van der Waals surface area contributed by atoms with Crippen LogP contribution in [0.3, 0.4) is 0 Å². The number of halogens is 4. The number of aliphatic hydroxyl groups excluding tert-OH is 2. The van der Waals surface area contributed by atoms with Crippen LogP contribution in [0.1, 0.15) is 68.9 Å². The smallest absolute Gasteiger partial charge is 0.148 e. The summed E-state index contributed by atoms with van der Waals surface area (Å²) in [6.07, 6.45) is 5.58. The van der Waals surface area contributed by atoms with E-state index in [2.05, 4.69) is 25.9 Å². The molecule has 2 atom stereocenters. The molecule has 45 heavy (non-hydrogen) atoms. The average Bonchev–Trinajstić information content (AvgIpc) is 3.02. The van der Waals surface area contributed by atoms with Gasteiger partial charge in [-0.3, -0.25) is 9.97 Å². The Hall–Kier alpha value is -2.89. The second-order valence-electron chi connectivity index (χ2n) is 9.15. The van der Waals surface area contributed by atoms with Crippen LogP contribution in [0.15, 0.2) is 47.5 Å². The van der Waals surface area contributed by atoms with Crippen molar-refractivity contribution in [1.82, 2.24) is 9.97 Å². The number of aliphatic hydroxyl groups is 2. The Kier molecular flexibility index (Phi) is 20.9. The quantitative estimate of drug-likeness (QED) is 0.127. The van der Waals surface area contributed by atoms with E-state index in [1.165, 1.54) is 12.4 Å². The molecule has 9 nitrogen and oxygen atoms in total. The van der Waals surface area contributed by atoms with Crippen LogP contribution < -0.4 is 0 Å². The summed E-state index contributed by atoms with van der Waals surface area (Å²) in [5.41, 5.74) is 1.76. The second-order valence-corrected chi connectivity index (χ2v) is 10.4. The van der Waals surface area contributed by atoms with Crippen molar-refractivity contribution in [2.45, 2.75) is 52.2 Å². The molecule has 2 heterocycles. The molecule has 13 heteroatoms. The standard InChI is InChI=1S/C17H16ClFN2O2.C10H13BrFNO2.C5H10O2/c1-2-23-6-5-16(22)17-13(9-21-10-15(17)19)11-3-4-12(8-20)14(18)7-11;1-2-15-4-3-9(14)10-7(11)5-13-6-8(10)12;1-2-4-7-5-3-6/h3-4,7,9-10,16,22H,2,5-6H2,1H3;5-6,9,14H,2-4H2,1H3;3H,2,4-5H2,1H3. The summed E-state index contributed by atoms with van der Waals surface area (Å²) in [6, 6.07) is 6.74. The van der Waals surface area contributed by atoms with Crippen LogP contribution in [0.4, 0.5) is 8.78 Å². The fourth-order valence-corrected chi connectivity index (χ4v) is 4.56. The second kappa shape index (κ2) is 23.4. The van der Waals surface area contributed by atoms with Gasteiger partial charge in [0.25, 0.3) is 0 Å². The Morgan fingerprint density at radius 2 is 1.51 bits per heavy atom. The van der Waals surface area contributed by atoms with E-state index in [0.29, 0.717) is 60.6 Å². The first-order valence-corrected chi connectivity index (χ1v) is 15.5. The van der Waals surface area contributed by atoms with Crippen LogP contribution in [0, 0.1) is 23.0 Å². The third kappa shape index (κ3) is 14.4. The van der Waals surface area contributed by atoms with Gasteiger partial charge >= 0.3 is 0 Å². The molecule has 2 aromatic heterocycles. The normalized spacial score (nSPS) is 11.7. The number of aldehydes is 1. The number of ether oxygens (including phenoxy) is 3. The molecule has 0 bridgehead atoms. The third-order valence-electron chi connectivity index (χ3n) is 5.91. The van der Waals surface area contributed by atoms with Crippen molar-refractivity contribution in [2.24, 2.45) is 0 Å². The van der Waals surface area contributed by atoms with Crippen LogP contribution in [0.5, 0.6) is 0 Å². The highest BCUT2D eigenvalue weighted by Gasteiger charge is 2.20. The van der Waals surface area contributed by atoms with E-state index in [4.69, 9.17) is 31.1 Å². The predicted molar refractivity (Wildman–Crippen MR) is 171 cm³/mol. The first-order valence-electron chi connectivity index (χ1n) is 14.3. The third-order valence-corrected chi connectivity index (χ3v) is 6.85. The van der Waals surface area contributed by atoms with E-state index in [0.717, 1.165) is 25.1 Å². The lowest BCUT2D eigenvalue weighted by molar-refractivity contribution is -0.111. The molecule has 0 spiro atoms. The van der Waals surface area contributed by atoms with E-state index in [1.807, 2.05) is 26.8 Å². The molecule has 2 unspecified atom stereocenters. The Morgan fingerprint density at radius 3 is 2.02 bits per heavy atom. The number of pyridine rings is 2. The fourth-order valence-electron chi connectivity index (χ4n) is 3.77. The van der Waals surface area contributed by atoms with Gasteiger partial charge in [-0.25, -0.2) is 8.78 Å². The van der Waals surface area contributed by atoms with Crippen molar-refractivity contribution in [3.8, 4) is 17.2 Å². The minimum Gasteiger partial charge on any atom is -0.388 e. The molecule has 0 saturated carbocycles. The maximum absolute atomic E-state index is 14.2. The van der Waals surface area contributed by atoms with Gasteiger partial charge in [-0.05, 0) is 53.9 Å². The van der Waals surface area contributed by atoms with Gasteiger partial charge in [0.05, 0.1) is 35.2 Å². The number of carbonyl (C=O) groups is 1. The highest BCUT2D eigenvalue weighted by Crippen LogP contribution is 2.33. The molecule has 0 amide bonds. The summed E-state index contributed by atoms with van der Waals surface area (Å²) >= 11 is 9.19. The van der Waals surface area contributed by atoms with Crippen molar-refractivity contribution in [3.05, 3.63) is 80.8 Å². The van der Waals surface area contributed by atoms with E-state index in [1.54, 1.807) is 18.2 Å². The Labute approximate surface area is 276 Å². The molecule has 0 aliphatic carbocycles. The number of hydrogen-bond donors (Lipinski definition) is 2. The Bertz CT molecular complexity index is 1330. The molecule has 0 aliphatic rings. The van der Waals surface area contributed by atoms with Gasteiger partial charge in [0.2, 0.25) is 0 Å². The summed E-state index contributed by atoms with van der Waals surface area (Å²) in [6.45, 7) is 8.52. The molecule has 0 radical (unpaired) electrons. The SMILES string of the molecule is CCCOCC=O.CCOCCC(O)c1c(F)cncc1-c1ccc(C#N)c(Cl)c1.CCOCCC(O)c1c(F)cncc1Br. The fraction of sp³-hybridized carbons (Fsp3) is 0.438. The lowest BCUT2D eigenvalue weighted by Gasteiger charge is -2.16. The van der Waals surface area contributed by atoms with Crippen LogP contribution in [-0.2, 0) is 19.0 Å². The minimum atomic E-state index is -1.02. The van der Waals surface area contributed by atoms with Crippen molar-refractivity contribution in [2.75, 3.05) is 39.6 Å². The van der Waals surface area contributed by atoms with Crippen molar-refractivity contribution in [3.63, 3.8) is 0 Å². The van der Waals surface area contributed by atoms with Gasteiger partial charge in [-0.15, -0.1) is 0 Å². The number of benzene rings is 1. The maximum atomic E-state index is 14.2. The van der Waals surface area contributed by atoms with Crippen LogP contribution in [0.25, 0.3) is 11.1 Å². The molecule has 0 fully saturated rings. The zero-order chi connectivity index (χ0) is 33.6. The highest BCUT2D eigenvalue weighted by atomic mass is 79.9. The van der Waals surface area contributed by atoms with E-state index in [-0.39, 0.29) is 29.2 Å². The summed E-state index contributed by atoms with van der Waals surface area (Å²) < 4.78 is 43.0. The van der Waals surface area contributed by atoms with Crippen molar-refractivity contribution in [1.29, 1.82) is 5.26 Å². The van der Waals surface area contributed by atoms with E-state index < -0.39 is 23.8 Å². The summed E-state index contributed by atoms with van der Waals surface area (Å²) in [5, 5.41) is 29.2. The molecule has 1 aromatic carbocycles. The van der Waals surface area contributed by atoms with Gasteiger partial charge in [0.15, 0.2) is 0 Å². The highest BCUT2D eigenvalue weighted by molar-refractivity contribution is 9.10. The summed E-state index contributed by atoms with van der Waals surface area (Å²) in [7, 11) is 0. The average molecular weight is 715 g/mol. The summed E-state index contributed by atoms with van der Waals surface area (Å²) in [4.78, 5) is 17.1. The number of hydrogen-bond acceptors (Lipinski definition) is 9. The predicted octanol–water partition coefficient (Wildman–Crippen LogP) is 6.93. The first kappa shape index (κ1) is 40.1. The van der Waals surface area contributed by atoms with Crippen LogP contribution >= 0.6 is 27.5 Å². The molecule has 0 aliphatic heterocycles. The van der Waals surface area contributed by atoms with Crippen molar-refractivity contribution >= 4 is 33.8 Å². The van der Waals surface area contributed by atoms with Crippen LogP contribution in [-0.4, -0.2) is 66.1 Å². The molecule has 3 rings (SSSR count). The maximum Gasteiger partial charge on any atom is 0.148 e. The number of aromatic nitrogens is 2. The van der Waals surface area contributed by atoms with E-state index in [9.17, 15) is 23.8 Å². The summed E-state index contributed by atoms with van der Waals surface area (Å²) in [5.74, 6) is -1.10. The van der Waals surface area contributed by atoms with Crippen LogP contribution in [0.2, 0.25) is 5.02 Å². The molecule has 3 aromatic rings. The first-order chi connectivity index (χ1) is 21.7. The zero-order valence-corrected chi connectivity index (χ0v) is 27.9. The van der Waals surface area contributed by atoms with Gasteiger partial charge in [-0.2, -0.15) is 5.26 Å². The molecule has 246 valence electrons. The Morgan fingerprint density at radius 1 is 0.933 bits per heavy atom. The minimum absolute atomic E-state index is 0.153. The van der Waals surface area contributed by atoms with Crippen molar-refractivity contribution < 1.29 is 38.0 Å².